The Hall–Kier alpha value is -2.88. The number of Topliss-reactive ketones (excluding diaryl/α,β-unsaturated/α-hetero) is 1. The first-order valence-electron chi connectivity index (χ1n) is 8.34. The standard InChI is InChI=1S/C16H18N4O6/c21-15-7-5-11(16(15)22)10-2-1-3-12(10)17-18-13-6-4-9(19(23)24)8-14(13)20(25)26/h4,6,8,10-11,16,18,22H,1-3,5,7H2/b17-12-/t10-,11-,16+/m0/s1. The fraction of sp³-hybridized carbons (Fsp3) is 0.500. The highest BCUT2D eigenvalue weighted by atomic mass is 16.6. The third kappa shape index (κ3) is 3.40. The lowest BCUT2D eigenvalue weighted by Crippen LogP contribution is -2.29. The van der Waals surface area contributed by atoms with E-state index >= 15 is 0 Å². The Morgan fingerprint density at radius 3 is 2.54 bits per heavy atom. The monoisotopic (exact) mass is 362 g/mol. The van der Waals surface area contributed by atoms with Crippen molar-refractivity contribution in [1.82, 2.24) is 0 Å². The van der Waals surface area contributed by atoms with Crippen LogP contribution in [0.25, 0.3) is 0 Å². The molecule has 2 fully saturated rings. The number of non-ortho nitro benzene ring substituents is 1. The van der Waals surface area contributed by atoms with Gasteiger partial charge in [0.05, 0.1) is 15.9 Å². The number of ketones is 1. The number of hydrogen-bond acceptors (Lipinski definition) is 8. The van der Waals surface area contributed by atoms with Gasteiger partial charge in [-0.3, -0.25) is 30.4 Å². The summed E-state index contributed by atoms with van der Waals surface area (Å²) in [5.41, 5.74) is 2.65. The average molecular weight is 362 g/mol. The number of hydrazone groups is 1. The van der Waals surface area contributed by atoms with Gasteiger partial charge >= 0.3 is 5.69 Å². The number of nitro groups is 2. The molecule has 0 spiro atoms. The second kappa shape index (κ2) is 7.16. The summed E-state index contributed by atoms with van der Waals surface area (Å²) in [6.45, 7) is 0. The minimum absolute atomic E-state index is 0.0407. The summed E-state index contributed by atoms with van der Waals surface area (Å²) in [5, 5.41) is 36.3. The van der Waals surface area contributed by atoms with Crippen LogP contribution in [0.1, 0.15) is 32.1 Å². The summed E-state index contributed by atoms with van der Waals surface area (Å²) >= 11 is 0. The Labute approximate surface area is 148 Å². The van der Waals surface area contributed by atoms with E-state index in [-0.39, 0.29) is 29.0 Å². The summed E-state index contributed by atoms with van der Waals surface area (Å²) in [4.78, 5) is 32.1. The number of nitrogens with one attached hydrogen (secondary N) is 1. The number of hydrogen-bond donors (Lipinski definition) is 2. The third-order valence-corrected chi connectivity index (χ3v) is 5.06. The number of nitrogens with zero attached hydrogens (tertiary/aromatic N) is 3. The lowest BCUT2D eigenvalue weighted by atomic mass is 9.87. The Bertz CT molecular complexity index is 793. The number of rotatable bonds is 5. The number of aliphatic hydroxyl groups is 1. The van der Waals surface area contributed by atoms with E-state index in [1.165, 1.54) is 12.1 Å². The molecule has 0 bridgehead atoms. The Morgan fingerprint density at radius 2 is 1.92 bits per heavy atom. The molecule has 0 saturated heterocycles. The van der Waals surface area contributed by atoms with E-state index in [4.69, 9.17) is 0 Å². The number of carbonyl (C=O) groups excluding carboxylic acids is 1. The van der Waals surface area contributed by atoms with E-state index in [9.17, 15) is 30.1 Å². The summed E-state index contributed by atoms with van der Waals surface area (Å²) in [6, 6.07) is 3.30. The van der Waals surface area contributed by atoms with Crippen LogP contribution in [0.4, 0.5) is 17.1 Å². The van der Waals surface area contributed by atoms with Crippen LogP contribution in [-0.4, -0.2) is 32.6 Å². The van der Waals surface area contributed by atoms with Crippen molar-refractivity contribution < 1.29 is 19.7 Å². The zero-order chi connectivity index (χ0) is 18.8. The molecule has 0 amide bonds. The van der Waals surface area contributed by atoms with E-state index < -0.39 is 21.6 Å². The molecule has 0 radical (unpaired) electrons. The predicted octanol–water partition coefficient (Wildman–Crippen LogP) is 2.41. The molecule has 2 N–H and O–H groups in total. The third-order valence-electron chi connectivity index (χ3n) is 5.06. The molecule has 2 aliphatic carbocycles. The van der Waals surface area contributed by atoms with Gasteiger partial charge in [-0.2, -0.15) is 5.10 Å². The summed E-state index contributed by atoms with van der Waals surface area (Å²) in [6.07, 6.45) is 2.34. The molecule has 26 heavy (non-hydrogen) atoms. The van der Waals surface area contributed by atoms with Crippen molar-refractivity contribution in [1.29, 1.82) is 0 Å². The second-order valence-corrected chi connectivity index (χ2v) is 6.54. The van der Waals surface area contributed by atoms with E-state index in [1.807, 2.05) is 0 Å². The Balaban J connectivity index is 1.81. The molecule has 138 valence electrons. The van der Waals surface area contributed by atoms with Gasteiger partial charge in [-0.25, -0.2) is 0 Å². The highest BCUT2D eigenvalue weighted by Gasteiger charge is 2.41. The van der Waals surface area contributed by atoms with Crippen LogP contribution < -0.4 is 5.43 Å². The summed E-state index contributed by atoms with van der Waals surface area (Å²) < 4.78 is 0. The first kappa shape index (κ1) is 17.9. The molecule has 3 rings (SSSR count). The fourth-order valence-corrected chi connectivity index (χ4v) is 3.74. The number of anilines is 1. The summed E-state index contributed by atoms with van der Waals surface area (Å²) in [5.74, 6) is -0.362. The molecule has 0 heterocycles. The minimum Gasteiger partial charge on any atom is -0.385 e. The Morgan fingerprint density at radius 1 is 1.15 bits per heavy atom. The quantitative estimate of drug-likeness (QED) is 0.603. The molecule has 0 aromatic heterocycles. The average Bonchev–Trinajstić information content (AvgIpc) is 3.19. The number of nitro benzene ring substituents is 2. The molecular formula is C16H18N4O6. The van der Waals surface area contributed by atoms with Gasteiger partial charge in [0.25, 0.3) is 5.69 Å². The number of aliphatic hydroxyl groups excluding tert-OH is 1. The van der Waals surface area contributed by atoms with Gasteiger partial charge in [-0.15, -0.1) is 0 Å². The molecule has 2 aliphatic rings. The molecule has 2 saturated carbocycles. The molecule has 0 aliphatic heterocycles. The first-order valence-corrected chi connectivity index (χ1v) is 8.34. The maximum absolute atomic E-state index is 11.6. The minimum atomic E-state index is -0.975. The predicted molar refractivity (Wildman–Crippen MR) is 91.9 cm³/mol. The largest absolute Gasteiger partial charge is 0.385 e. The van der Waals surface area contributed by atoms with Crippen molar-refractivity contribution in [3.63, 3.8) is 0 Å². The molecule has 3 atom stereocenters. The molecule has 1 aromatic rings. The van der Waals surface area contributed by atoms with Crippen molar-refractivity contribution in [2.75, 3.05) is 5.43 Å². The second-order valence-electron chi connectivity index (χ2n) is 6.54. The maximum atomic E-state index is 11.6. The van der Waals surface area contributed by atoms with Gasteiger partial charge in [0.2, 0.25) is 0 Å². The number of carbonyl (C=O) groups is 1. The molecule has 1 aromatic carbocycles. The van der Waals surface area contributed by atoms with Crippen LogP contribution in [0.3, 0.4) is 0 Å². The van der Waals surface area contributed by atoms with Crippen LogP contribution in [-0.2, 0) is 4.79 Å². The maximum Gasteiger partial charge on any atom is 0.301 e. The zero-order valence-corrected chi connectivity index (χ0v) is 13.8. The van der Waals surface area contributed by atoms with Gasteiger partial charge in [0.1, 0.15) is 11.8 Å². The van der Waals surface area contributed by atoms with Gasteiger partial charge in [-0.1, -0.05) is 0 Å². The normalized spacial score (nSPS) is 27.0. The zero-order valence-electron chi connectivity index (χ0n) is 13.8. The smallest absolute Gasteiger partial charge is 0.301 e. The van der Waals surface area contributed by atoms with Gasteiger partial charge in [-0.05, 0) is 31.7 Å². The van der Waals surface area contributed by atoms with E-state index in [0.717, 1.165) is 24.6 Å². The van der Waals surface area contributed by atoms with E-state index in [0.29, 0.717) is 19.3 Å². The Kier molecular flexibility index (Phi) is 4.94. The highest BCUT2D eigenvalue weighted by Crippen LogP contribution is 2.38. The van der Waals surface area contributed by atoms with Crippen molar-refractivity contribution in [3.8, 4) is 0 Å². The topological polar surface area (TPSA) is 148 Å². The lowest BCUT2D eigenvalue weighted by Gasteiger charge is -2.21. The van der Waals surface area contributed by atoms with Crippen LogP contribution in [0, 0.1) is 32.1 Å². The van der Waals surface area contributed by atoms with Crippen LogP contribution in [0.5, 0.6) is 0 Å². The van der Waals surface area contributed by atoms with Crippen LogP contribution in [0.15, 0.2) is 23.3 Å². The SMILES string of the molecule is O=C1CC[C@@H]([C@@H]2CCC/C2=N/Nc2ccc([N+](=O)[O-])cc2[N+](=O)[O-])[C@H]1O. The van der Waals surface area contributed by atoms with Crippen LogP contribution >= 0.6 is 0 Å². The van der Waals surface area contributed by atoms with Crippen molar-refractivity contribution in [2.45, 2.75) is 38.2 Å². The molecule has 0 unspecified atom stereocenters. The van der Waals surface area contributed by atoms with Crippen molar-refractivity contribution in [2.24, 2.45) is 16.9 Å². The first-order chi connectivity index (χ1) is 12.4. The van der Waals surface area contributed by atoms with Gasteiger partial charge < -0.3 is 5.11 Å². The fourth-order valence-electron chi connectivity index (χ4n) is 3.74. The van der Waals surface area contributed by atoms with Gasteiger partial charge in [0.15, 0.2) is 5.78 Å². The lowest BCUT2D eigenvalue weighted by molar-refractivity contribution is -0.393. The molecule has 10 heteroatoms. The molecule has 10 nitrogen and oxygen atoms in total. The van der Waals surface area contributed by atoms with Crippen molar-refractivity contribution in [3.05, 3.63) is 38.4 Å². The van der Waals surface area contributed by atoms with E-state index in [2.05, 4.69) is 10.5 Å². The van der Waals surface area contributed by atoms with E-state index in [1.54, 1.807) is 0 Å². The highest BCUT2D eigenvalue weighted by molar-refractivity contribution is 5.92. The van der Waals surface area contributed by atoms with Crippen molar-refractivity contribution >= 4 is 28.6 Å². The summed E-state index contributed by atoms with van der Waals surface area (Å²) in [7, 11) is 0. The van der Waals surface area contributed by atoms with Crippen LogP contribution in [0.2, 0.25) is 0 Å². The van der Waals surface area contributed by atoms with Gasteiger partial charge in [0, 0.05) is 30.0 Å². The number of benzene rings is 1. The molecular weight excluding hydrogens is 344 g/mol.